The molecule has 0 fully saturated rings. The van der Waals surface area contributed by atoms with Crippen molar-refractivity contribution < 1.29 is 14.3 Å². The molecule has 1 aliphatic heterocycles. The first-order valence-electron chi connectivity index (χ1n) is 11.3. The Kier molecular flexibility index (Phi) is 6.54. The van der Waals surface area contributed by atoms with Gasteiger partial charge in [0.15, 0.2) is 5.75 Å². The summed E-state index contributed by atoms with van der Waals surface area (Å²) in [5, 5.41) is 6.79. The van der Waals surface area contributed by atoms with Crippen molar-refractivity contribution in [2.24, 2.45) is 0 Å². The van der Waals surface area contributed by atoms with Crippen LogP contribution in [0.5, 0.6) is 11.5 Å². The summed E-state index contributed by atoms with van der Waals surface area (Å²) < 4.78 is 11.6. The number of carbonyl (C=O) groups excluding carboxylic acids is 1. The molecule has 4 aromatic rings. The normalized spacial score (nSPS) is 12.6. The Labute approximate surface area is 207 Å². The fraction of sp³-hybridized carbons (Fsp3) is 0.192. The molecule has 0 unspecified atom stereocenters. The van der Waals surface area contributed by atoms with Gasteiger partial charge in [-0.15, -0.1) is 0 Å². The highest BCUT2D eigenvalue weighted by molar-refractivity contribution is 6.32. The van der Waals surface area contributed by atoms with Crippen LogP contribution in [0.3, 0.4) is 0 Å². The first-order valence-corrected chi connectivity index (χ1v) is 11.6. The second kappa shape index (κ2) is 10.1. The van der Waals surface area contributed by atoms with Crippen LogP contribution in [0.1, 0.15) is 21.7 Å². The van der Waals surface area contributed by atoms with Gasteiger partial charge >= 0.3 is 0 Å². The largest absolute Gasteiger partial charge is 0.493 e. The minimum Gasteiger partial charge on any atom is -0.493 e. The van der Waals surface area contributed by atoms with Gasteiger partial charge in [-0.2, -0.15) is 0 Å². The molecule has 9 heteroatoms. The van der Waals surface area contributed by atoms with E-state index >= 15 is 0 Å². The maximum atomic E-state index is 12.9. The first kappa shape index (κ1) is 22.7. The molecule has 0 atom stereocenters. The molecule has 0 saturated carbocycles. The topological polar surface area (TPSA) is 101 Å². The molecule has 0 bridgehead atoms. The number of carbonyl (C=O) groups is 1. The van der Waals surface area contributed by atoms with Crippen LogP contribution in [0.25, 0.3) is 11.3 Å². The number of rotatable bonds is 8. The van der Waals surface area contributed by atoms with Gasteiger partial charge in [0, 0.05) is 48.7 Å². The number of ether oxygens (including phenoxy) is 2. The standard InChI is InChI=1S/C26H24ClN5O3/c1-34-25-18(27)6-4-7-20(25)32-24-22-19(9-13-30-26(22)33)31-23(24)17-8-12-28-15-21(17)35-14-10-16-5-2-3-11-29-16/h2-8,11-12,15,31-32H,9-10,13-14H2,1H3,(H,30,33). The summed E-state index contributed by atoms with van der Waals surface area (Å²) in [6.45, 7) is 0.997. The molecule has 3 aromatic heterocycles. The molecule has 0 radical (unpaired) electrons. The van der Waals surface area contributed by atoms with Crippen LogP contribution < -0.4 is 20.1 Å². The molecule has 1 amide bonds. The number of benzene rings is 1. The van der Waals surface area contributed by atoms with Gasteiger partial charge in [-0.25, -0.2) is 0 Å². The van der Waals surface area contributed by atoms with Gasteiger partial charge in [-0.1, -0.05) is 23.7 Å². The smallest absolute Gasteiger partial charge is 0.255 e. The Morgan fingerprint density at radius 1 is 1.14 bits per heavy atom. The van der Waals surface area contributed by atoms with E-state index in [9.17, 15) is 4.79 Å². The highest BCUT2D eigenvalue weighted by atomic mass is 35.5. The third-order valence-electron chi connectivity index (χ3n) is 5.79. The van der Waals surface area contributed by atoms with Gasteiger partial charge in [0.25, 0.3) is 5.91 Å². The Morgan fingerprint density at radius 2 is 2.06 bits per heavy atom. The van der Waals surface area contributed by atoms with Crippen molar-refractivity contribution >= 4 is 28.9 Å². The number of H-pyrrole nitrogens is 1. The summed E-state index contributed by atoms with van der Waals surface area (Å²) in [6.07, 6.45) is 6.48. The van der Waals surface area contributed by atoms with Gasteiger partial charge in [-0.3, -0.25) is 14.8 Å². The second-order valence-corrected chi connectivity index (χ2v) is 8.38. The number of hydrogen-bond donors (Lipinski definition) is 3. The second-order valence-electron chi connectivity index (χ2n) is 7.97. The fourth-order valence-electron chi connectivity index (χ4n) is 4.17. The van der Waals surface area contributed by atoms with E-state index < -0.39 is 0 Å². The number of aromatic nitrogens is 3. The summed E-state index contributed by atoms with van der Waals surface area (Å²) in [5.74, 6) is 0.945. The quantitative estimate of drug-likeness (QED) is 0.329. The van der Waals surface area contributed by atoms with Crippen molar-refractivity contribution in [3.63, 3.8) is 0 Å². The Balaban J connectivity index is 1.53. The molecule has 35 heavy (non-hydrogen) atoms. The Bertz CT molecular complexity index is 1360. The number of nitrogens with zero attached hydrogens (tertiary/aromatic N) is 2. The highest BCUT2D eigenvalue weighted by Gasteiger charge is 2.28. The summed E-state index contributed by atoms with van der Waals surface area (Å²) >= 11 is 6.35. The van der Waals surface area contributed by atoms with Gasteiger partial charge in [0.1, 0.15) is 5.75 Å². The number of anilines is 2. The monoisotopic (exact) mass is 489 g/mol. The Hall–Kier alpha value is -4.04. The minimum atomic E-state index is -0.149. The first-order chi connectivity index (χ1) is 17.2. The number of methoxy groups -OCH3 is 1. The van der Waals surface area contributed by atoms with E-state index in [0.29, 0.717) is 59.5 Å². The zero-order valence-electron chi connectivity index (χ0n) is 19.1. The van der Waals surface area contributed by atoms with E-state index in [0.717, 1.165) is 22.6 Å². The molecule has 0 spiro atoms. The average molecular weight is 490 g/mol. The van der Waals surface area contributed by atoms with Crippen LogP contribution in [0.4, 0.5) is 11.4 Å². The average Bonchev–Trinajstić information content (AvgIpc) is 3.24. The number of halogens is 1. The molecule has 1 aromatic carbocycles. The van der Waals surface area contributed by atoms with Crippen LogP contribution >= 0.6 is 11.6 Å². The van der Waals surface area contributed by atoms with Gasteiger partial charge < -0.3 is 25.1 Å². The number of amides is 1. The predicted molar refractivity (Wildman–Crippen MR) is 135 cm³/mol. The molecular formula is C26H24ClN5O3. The lowest BCUT2D eigenvalue weighted by Crippen LogP contribution is -2.31. The zero-order chi connectivity index (χ0) is 24.2. The van der Waals surface area contributed by atoms with Crippen molar-refractivity contribution in [3.8, 4) is 22.8 Å². The van der Waals surface area contributed by atoms with Crippen molar-refractivity contribution in [2.75, 3.05) is 25.6 Å². The molecule has 4 heterocycles. The van der Waals surface area contributed by atoms with Crippen molar-refractivity contribution in [2.45, 2.75) is 12.8 Å². The lowest BCUT2D eigenvalue weighted by Gasteiger charge is -2.17. The van der Waals surface area contributed by atoms with Crippen LogP contribution in [-0.4, -0.2) is 41.1 Å². The lowest BCUT2D eigenvalue weighted by atomic mass is 10.0. The number of para-hydroxylation sites is 1. The SMILES string of the molecule is COc1c(Cl)cccc1Nc1c(-c2ccncc2OCCc2ccccn2)[nH]c2c1C(=O)NCC2. The van der Waals surface area contributed by atoms with Gasteiger partial charge in [0.05, 0.1) is 47.6 Å². The van der Waals surface area contributed by atoms with Crippen LogP contribution in [0, 0.1) is 0 Å². The van der Waals surface area contributed by atoms with Crippen molar-refractivity contribution in [1.29, 1.82) is 0 Å². The molecule has 8 nitrogen and oxygen atoms in total. The molecule has 1 aliphatic rings. The number of fused-ring (bicyclic) bond motifs is 1. The number of nitrogens with one attached hydrogen (secondary N) is 3. The van der Waals surface area contributed by atoms with E-state index in [1.807, 2.05) is 36.4 Å². The van der Waals surface area contributed by atoms with E-state index in [1.165, 1.54) is 0 Å². The van der Waals surface area contributed by atoms with E-state index in [1.54, 1.807) is 31.8 Å². The molecular weight excluding hydrogens is 466 g/mol. The van der Waals surface area contributed by atoms with Crippen LogP contribution in [0.2, 0.25) is 5.02 Å². The molecule has 0 aliphatic carbocycles. The number of aromatic amines is 1. The molecule has 5 rings (SSSR count). The Morgan fingerprint density at radius 3 is 2.89 bits per heavy atom. The third-order valence-corrected chi connectivity index (χ3v) is 6.09. The summed E-state index contributed by atoms with van der Waals surface area (Å²) in [4.78, 5) is 25.0. The maximum absolute atomic E-state index is 12.9. The number of pyridine rings is 2. The van der Waals surface area contributed by atoms with Crippen LogP contribution in [-0.2, 0) is 12.8 Å². The van der Waals surface area contributed by atoms with Crippen LogP contribution in [0.15, 0.2) is 61.1 Å². The molecule has 0 saturated heterocycles. The van der Waals surface area contributed by atoms with Gasteiger partial charge in [0.2, 0.25) is 0 Å². The summed E-state index contributed by atoms with van der Waals surface area (Å²) in [5.41, 5.74) is 5.14. The highest BCUT2D eigenvalue weighted by Crippen LogP contribution is 2.42. The van der Waals surface area contributed by atoms with Crippen molar-refractivity contribution in [3.05, 3.63) is 83.0 Å². The molecule has 178 valence electrons. The fourth-order valence-corrected chi connectivity index (χ4v) is 4.42. The number of hydrogen-bond acceptors (Lipinski definition) is 6. The van der Waals surface area contributed by atoms with E-state index in [4.69, 9.17) is 21.1 Å². The maximum Gasteiger partial charge on any atom is 0.255 e. The predicted octanol–water partition coefficient (Wildman–Crippen LogP) is 4.78. The summed E-state index contributed by atoms with van der Waals surface area (Å²) in [6, 6.07) is 13.1. The lowest BCUT2D eigenvalue weighted by molar-refractivity contribution is 0.0947. The van der Waals surface area contributed by atoms with Gasteiger partial charge in [-0.05, 0) is 30.3 Å². The third kappa shape index (κ3) is 4.65. The minimum absolute atomic E-state index is 0.149. The van der Waals surface area contributed by atoms with E-state index in [2.05, 4.69) is 25.6 Å². The summed E-state index contributed by atoms with van der Waals surface area (Å²) in [7, 11) is 1.56. The molecule has 3 N–H and O–H groups in total. The zero-order valence-corrected chi connectivity index (χ0v) is 19.9. The van der Waals surface area contributed by atoms with E-state index in [-0.39, 0.29) is 5.91 Å². The van der Waals surface area contributed by atoms with Crippen molar-refractivity contribution in [1.82, 2.24) is 20.3 Å².